The number of anilines is 1. The average Bonchev–Trinajstić information content (AvgIpc) is 3.04. The van der Waals surface area contributed by atoms with Crippen LogP contribution in [0.1, 0.15) is 5.56 Å². The number of aliphatic hydroxyl groups is 1. The summed E-state index contributed by atoms with van der Waals surface area (Å²) < 4.78 is 6.77. The van der Waals surface area contributed by atoms with Crippen molar-refractivity contribution in [2.45, 2.75) is 13.2 Å². The molecule has 1 heterocycles. The molecule has 0 fully saturated rings. The normalized spacial score (nSPS) is 10.4. The van der Waals surface area contributed by atoms with Crippen molar-refractivity contribution in [3.05, 3.63) is 72.3 Å². The third kappa shape index (κ3) is 4.45. The highest BCUT2D eigenvalue weighted by Crippen LogP contribution is 2.22. The lowest BCUT2D eigenvalue weighted by Crippen LogP contribution is -2.17. The minimum atomic E-state index is -0.567. The number of ether oxygens (including phenoxy) is 1. The fraction of sp³-hybridized carbons (Fsp3) is 0.158. The molecule has 0 unspecified atom stereocenters. The number of hydrogen-bond donors (Lipinski definition) is 2. The van der Waals surface area contributed by atoms with Gasteiger partial charge in [0.05, 0.1) is 18.8 Å². The Balaban J connectivity index is 1.70. The molecule has 1 aromatic heterocycles. The molecule has 0 saturated carbocycles. The first kappa shape index (κ1) is 16.7. The molecule has 6 nitrogen and oxygen atoms in total. The Morgan fingerprint density at radius 3 is 2.44 bits per heavy atom. The van der Waals surface area contributed by atoms with Gasteiger partial charge in [0.25, 0.3) is 0 Å². The highest BCUT2D eigenvalue weighted by atomic mass is 16.5. The van der Waals surface area contributed by atoms with Gasteiger partial charge < -0.3 is 9.84 Å². The monoisotopic (exact) mass is 337 g/mol. The largest absolute Gasteiger partial charge is 0.444 e. The van der Waals surface area contributed by atoms with Crippen LogP contribution in [0, 0.1) is 0 Å². The van der Waals surface area contributed by atoms with Crippen molar-refractivity contribution in [3.63, 3.8) is 0 Å². The number of carbonyl (C=O) groups excluding carboxylic acids is 1. The van der Waals surface area contributed by atoms with E-state index in [1.165, 1.54) is 0 Å². The van der Waals surface area contributed by atoms with E-state index in [9.17, 15) is 9.90 Å². The van der Waals surface area contributed by atoms with Crippen LogP contribution in [0.4, 0.5) is 10.6 Å². The van der Waals surface area contributed by atoms with Crippen molar-refractivity contribution in [3.8, 4) is 11.3 Å². The predicted molar refractivity (Wildman–Crippen MR) is 95.0 cm³/mol. The van der Waals surface area contributed by atoms with E-state index in [-0.39, 0.29) is 19.8 Å². The van der Waals surface area contributed by atoms with Crippen molar-refractivity contribution < 1.29 is 14.6 Å². The van der Waals surface area contributed by atoms with E-state index in [2.05, 4.69) is 10.4 Å². The Morgan fingerprint density at radius 2 is 1.76 bits per heavy atom. The summed E-state index contributed by atoms with van der Waals surface area (Å²) >= 11 is 0. The Kier molecular flexibility index (Phi) is 5.43. The van der Waals surface area contributed by atoms with Crippen LogP contribution >= 0.6 is 0 Å². The van der Waals surface area contributed by atoms with Crippen LogP contribution in [0.3, 0.4) is 0 Å². The molecule has 6 heteroatoms. The number of amides is 1. The number of carbonyl (C=O) groups is 1. The summed E-state index contributed by atoms with van der Waals surface area (Å²) in [7, 11) is 0. The molecule has 3 aromatic rings. The lowest BCUT2D eigenvalue weighted by Gasteiger charge is -2.08. The molecule has 25 heavy (non-hydrogen) atoms. The van der Waals surface area contributed by atoms with Crippen molar-refractivity contribution in [1.82, 2.24) is 9.78 Å². The molecule has 2 aromatic carbocycles. The second kappa shape index (κ2) is 8.12. The van der Waals surface area contributed by atoms with E-state index in [1.54, 1.807) is 10.7 Å². The Morgan fingerprint density at radius 1 is 1.08 bits per heavy atom. The average molecular weight is 337 g/mol. The molecule has 0 bridgehead atoms. The quantitative estimate of drug-likeness (QED) is 0.724. The fourth-order valence-corrected chi connectivity index (χ4v) is 2.40. The summed E-state index contributed by atoms with van der Waals surface area (Å²) in [4.78, 5) is 12.1. The number of aliphatic hydroxyl groups excluding tert-OH is 1. The van der Waals surface area contributed by atoms with Crippen LogP contribution in [-0.2, 0) is 17.9 Å². The highest BCUT2D eigenvalue weighted by Gasteiger charge is 2.12. The smallest absolute Gasteiger partial charge is 0.413 e. The maximum Gasteiger partial charge on any atom is 0.413 e. The number of aromatic nitrogens is 2. The lowest BCUT2D eigenvalue weighted by molar-refractivity contribution is 0.154. The topological polar surface area (TPSA) is 76.4 Å². The molecular formula is C19H19N3O3. The van der Waals surface area contributed by atoms with Gasteiger partial charge in [-0.05, 0) is 5.56 Å². The van der Waals surface area contributed by atoms with Crippen molar-refractivity contribution in [2.75, 3.05) is 11.9 Å². The van der Waals surface area contributed by atoms with Gasteiger partial charge in [0, 0.05) is 11.6 Å². The molecule has 0 radical (unpaired) electrons. The van der Waals surface area contributed by atoms with Gasteiger partial charge in [-0.3, -0.25) is 5.32 Å². The molecule has 0 aliphatic heterocycles. The van der Waals surface area contributed by atoms with Crippen LogP contribution < -0.4 is 5.32 Å². The number of rotatable bonds is 6. The first-order chi connectivity index (χ1) is 12.3. The summed E-state index contributed by atoms with van der Waals surface area (Å²) in [6.45, 7) is 0.386. The van der Waals surface area contributed by atoms with Gasteiger partial charge in [-0.2, -0.15) is 5.10 Å². The van der Waals surface area contributed by atoms with Gasteiger partial charge in [0.15, 0.2) is 0 Å². The number of nitrogens with zero attached hydrogens (tertiary/aromatic N) is 2. The van der Waals surface area contributed by atoms with Crippen LogP contribution in [0.25, 0.3) is 11.3 Å². The molecule has 3 rings (SSSR count). The Bertz CT molecular complexity index is 816. The molecule has 0 spiro atoms. The highest BCUT2D eigenvalue weighted by molar-refractivity contribution is 5.84. The zero-order valence-electron chi connectivity index (χ0n) is 13.6. The first-order valence-corrected chi connectivity index (χ1v) is 7.98. The van der Waals surface area contributed by atoms with Crippen LogP contribution in [-0.4, -0.2) is 27.6 Å². The van der Waals surface area contributed by atoms with Gasteiger partial charge in [0.1, 0.15) is 12.4 Å². The predicted octanol–water partition coefficient (Wildman–Crippen LogP) is 3.29. The van der Waals surface area contributed by atoms with Gasteiger partial charge in [0.2, 0.25) is 0 Å². The SMILES string of the molecule is O=C(Nc1cc(-c2ccccc2)nn1CCO)OCc1ccccc1. The van der Waals surface area contributed by atoms with E-state index >= 15 is 0 Å². The number of hydrogen-bond acceptors (Lipinski definition) is 4. The molecule has 0 aliphatic rings. The fourth-order valence-electron chi connectivity index (χ4n) is 2.40. The standard InChI is InChI=1S/C19H19N3O3/c23-12-11-22-18(13-17(21-22)16-9-5-2-6-10-16)20-19(24)25-14-15-7-3-1-4-8-15/h1-10,13,23H,11-12,14H2,(H,20,24). The zero-order chi connectivity index (χ0) is 17.5. The molecule has 1 amide bonds. The molecule has 0 aliphatic carbocycles. The molecule has 0 atom stereocenters. The second-order valence-electron chi connectivity index (χ2n) is 5.41. The molecule has 128 valence electrons. The maximum absolute atomic E-state index is 12.1. The summed E-state index contributed by atoms with van der Waals surface area (Å²) in [5.74, 6) is 0.478. The lowest BCUT2D eigenvalue weighted by atomic mass is 10.2. The molecule has 0 saturated heterocycles. The minimum Gasteiger partial charge on any atom is -0.444 e. The molecule has 2 N–H and O–H groups in total. The second-order valence-corrected chi connectivity index (χ2v) is 5.41. The summed E-state index contributed by atoms with van der Waals surface area (Å²) in [5, 5.41) is 16.3. The maximum atomic E-state index is 12.1. The van der Waals surface area contributed by atoms with Crippen LogP contribution in [0.5, 0.6) is 0 Å². The third-order valence-corrected chi connectivity index (χ3v) is 3.60. The minimum absolute atomic E-state index is 0.0797. The Hall–Kier alpha value is -3.12. The van der Waals surface area contributed by atoms with Gasteiger partial charge in [-0.25, -0.2) is 9.48 Å². The van der Waals surface area contributed by atoms with E-state index in [1.807, 2.05) is 60.7 Å². The summed E-state index contributed by atoms with van der Waals surface area (Å²) in [5.41, 5.74) is 2.55. The first-order valence-electron chi connectivity index (χ1n) is 7.98. The van der Waals surface area contributed by atoms with Crippen molar-refractivity contribution in [1.29, 1.82) is 0 Å². The van der Waals surface area contributed by atoms with E-state index in [0.717, 1.165) is 11.1 Å². The third-order valence-electron chi connectivity index (χ3n) is 3.60. The van der Waals surface area contributed by atoms with Gasteiger partial charge >= 0.3 is 6.09 Å². The van der Waals surface area contributed by atoms with E-state index < -0.39 is 6.09 Å². The van der Waals surface area contributed by atoms with Crippen molar-refractivity contribution >= 4 is 11.9 Å². The van der Waals surface area contributed by atoms with E-state index in [4.69, 9.17) is 4.74 Å². The van der Waals surface area contributed by atoms with Gasteiger partial charge in [-0.15, -0.1) is 0 Å². The Labute approximate surface area is 145 Å². The number of benzene rings is 2. The summed E-state index contributed by atoms with van der Waals surface area (Å²) in [6.07, 6.45) is -0.567. The number of nitrogens with one attached hydrogen (secondary N) is 1. The van der Waals surface area contributed by atoms with Gasteiger partial charge in [-0.1, -0.05) is 60.7 Å². The summed E-state index contributed by atoms with van der Waals surface area (Å²) in [6, 6.07) is 20.8. The van der Waals surface area contributed by atoms with Crippen LogP contribution in [0.15, 0.2) is 66.7 Å². The van der Waals surface area contributed by atoms with Crippen molar-refractivity contribution in [2.24, 2.45) is 0 Å². The molecular weight excluding hydrogens is 318 g/mol. The zero-order valence-corrected chi connectivity index (χ0v) is 13.6. The van der Waals surface area contributed by atoms with Crippen LogP contribution in [0.2, 0.25) is 0 Å². The van der Waals surface area contributed by atoms with E-state index in [0.29, 0.717) is 11.5 Å².